The van der Waals surface area contributed by atoms with Crippen molar-refractivity contribution in [1.29, 1.82) is 0 Å². The molecule has 0 aliphatic heterocycles. The SMILES string of the molecule is CC(CN)CF. The molecule has 0 fully saturated rings. The van der Waals surface area contributed by atoms with E-state index in [0.29, 0.717) is 6.54 Å². The van der Waals surface area contributed by atoms with Crippen molar-refractivity contribution in [1.82, 2.24) is 0 Å². The Balaban J connectivity index is 2.75. The first kappa shape index (κ1) is 5.89. The second-order valence-corrected chi connectivity index (χ2v) is 1.50. The Labute approximate surface area is 37.3 Å². The molecule has 0 aliphatic rings. The average Bonchev–Trinajstić information content (AvgIpc) is 1.65. The lowest BCUT2D eigenvalue weighted by molar-refractivity contribution is 0.389. The molecule has 1 nitrogen and oxygen atoms in total. The molecule has 0 rings (SSSR count). The molecule has 0 bridgehead atoms. The van der Waals surface area contributed by atoms with Gasteiger partial charge in [-0.1, -0.05) is 6.92 Å². The number of halogens is 1. The highest BCUT2D eigenvalue weighted by molar-refractivity contribution is 4.46. The highest BCUT2D eigenvalue weighted by Gasteiger charge is 1.92. The fourth-order valence-electron chi connectivity index (χ4n) is 0.0630. The summed E-state index contributed by atoms with van der Waals surface area (Å²) in [6.07, 6.45) is 0. The fourth-order valence-corrected chi connectivity index (χ4v) is 0.0630. The van der Waals surface area contributed by atoms with Gasteiger partial charge in [0.05, 0.1) is 6.67 Å². The molecule has 0 aromatic carbocycles. The van der Waals surface area contributed by atoms with Gasteiger partial charge in [0.25, 0.3) is 0 Å². The minimum atomic E-state index is -0.295. The van der Waals surface area contributed by atoms with Gasteiger partial charge in [-0.05, 0) is 12.5 Å². The predicted molar refractivity (Wildman–Crippen MR) is 24.2 cm³/mol. The summed E-state index contributed by atoms with van der Waals surface area (Å²) >= 11 is 0. The van der Waals surface area contributed by atoms with Gasteiger partial charge in [-0.2, -0.15) is 0 Å². The van der Waals surface area contributed by atoms with Crippen molar-refractivity contribution in [3.63, 3.8) is 0 Å². The maximum Gasteiger partial charge on any atom is 0.0932 e. The van der Waals surface area contributed by atoms with Gasteiger partial charge in [0.15, 0.2) is 0 Å². The lowest BCUT2D eigenvalue weighted by Gasteiger charge is -1.96. The molecule has 0 heterocycles. The largest absolute Gasteiger partial charge is 0.330 e. The van der Waals surface area contributed by atoms with E-state index in [4.69, 9.17) is 5.73 Å². The van der Waals surface area contributed by atoms with Gasteiger partial charge >= 0.3 is 0 Å². The lowest BCUT2D eigenvalue weighted by Crippen LogP contribution is -2.11. The third-order valence-corrected chi connectivity index (χ3v) is 0.666. The Morgan fingerprint density at radius 2 is 2.33 bits per heavy atom. The van der Waals surface area contributed by atoms with E-state index in [1.807, 2.05) is 0 Å². The number of hydrogen-bond donors (Lipinski definition) is 1. The first-order valence-corrected chi connectivity index (χ1v) is 2.07. The standard InChI is InChI=1S/C4H10FN/c1-4(2-5)3-6/h4H,2-3,6H2,1H3. The highest BCUT2D eigenvalue weighted by atomic mass is 19.1. The van der Waals surface area contributed by atoms with Crippen LogP contribution in [0.15, 0.2) is 0 Å². The van der Waals surface area contributed by atoms with Crippen LogP contribution in [0.25, 0.3) is 0 Å². The maximum absolute atomic E-state index is 11.3. The molecule has 2 N–H and O–H groups in total. The van der Waals surface area contributed by atoms with Gasteiger partial charge in [0.2, 0.25) is 0 Å². The van der Waals surface area contributed by atoms with Crippen LogP contribution < -0.4 is 5.73 Å². The minimum absolute atomic E-state index is 0.0463. The monoisotopic (exact) mass is 91.1 g/mol. The topological polar surface area (TPSA) is 26.0 Å². The van der Waals surface area contributed by atoms with E-state index in [1.165, 1.54) is 0 Å². The van der Waals surface area contributed by atoms with Crippen LogP contribution in [0.3, 0.4) is 0 Å². The van der Waals surface area contributed by atoms with Crippen molar-refractivity contribution in [3.8, 4) is 0 Å². The smallest absolute Gasteiger partial charge is 0.0932 e. The molecule has 0 aliphatic carbocycles. The van der Waals surface area contributed by atoms with Crippen LogP contribution in [0.1, 0.15) is 6.92 Å². The molecule has 2 heteroatoms. The first-order valence-electron chi connectivity index (χ1n) is 2.07. The number of nitrogens with two attached hydrogens (primary N) is 1. The number of hydrogen-bond acceptors (Lipinski definition) is 1. The molecule has 0 amide bonds. The summed E-state index contributed by atoms with van der Waals surface area (Å²) in [7, 11) is 0. The zero-order valence-corrected chi connectivity index (χ0v) is 3.95. The number of alkyl halides is 1. The zero-order valence-electron chi connectivity index (χ0n) is 3.95. The van der Waals surface area contributed by atoms with Crippen LogP contribution in [0, 0.1) is 5.92 Å². The van der Waals surface area contributed by atoms with Crippen LogP contribution in [-0.4, -0.2) is 13.2 Å². The average molecular weight is 91.1 g/mol. The molecule has 0 spiro atoms. The summed E-state index contributed by atoms with van der Waals surface area (Å²) < 4.78 is 11.3. The lowest BCUT2D eigenvalue weighted by atomic mass is 10.2. The quantitative estimate of drug-likeness (QED) is 0.527. The van der Waals surface area contributed by atoms with Gasteiger partial charge in [0.1, 0.15) is 0 Å². The van der Waals surface area contributed by atoms with Gasteiger partial charge in [-0.25, -0.2) is 0 Å². The Kier molecular flexibility index (Phi) is 3.04. The van der Waals surface area contributed by atoms with Gasteiger partial charge in [-0.15, -0.1) is 0 Å². The van der Waals surface area contributed by atoms with Gasteiger partial charge in [-0.3, -0.25) is 4.39 Å². The summed E-state index contributed by atoms with van der Waals surface area (Å²) in [6.45, 7) is 1.94. The summed E-state index contributed by atoms with van der Waals surface area (Å²) in [5, 5.41) is 0. The van der Waals surface area contributed by atoms with Crippen molar-refractivity contribution >= 4 is 0 Å². The molecule has 0 aromatic heterocycles. The van der Waals surface area contributed by atoms with E-state index >= 15 is 0 Å². The minimum Gasteiger partial charge on any atom is -0.330 e. The molecule has 0 aromatic rings. The van der Waals surface area contributed by atoms with E-state index in [0.717, 1.165) is 0 Å². The third-order valence-electron chi connectivity index (χ3n) is 0.666. The Hall–Kier alpha value is -0.110. The summed E-state index contributed by atoms with van der Waals surface area (Å²) in [5.74, 6) is 0.0463. The van der Waals surface area contributed by atoms with Crippen molar-refractivity contribution in [2.45, 2.75) is 6.92 Å². The second kappa shape index (κ2) is 3.09. The third kappa shape index (κ3) is 2.15. The zero-order chi connectivity index (χ0) is 4.99. The molecule has 38 valence electrons. The van der Waals surface area contributed by atoms with Crippen molar-refractivity contribution in [2.24, 2.45) is 11.7 Å². The molecule has 0 saturated carbocycles. The summed E-state index contributed by atoms with van der Waals surface area (Å²) in [6, 6.07) is 0. The number of rotatable bonds is 2. The molecular formula is C4H10FN. The molecule has 1 unspecified atom stereocenters. The van der Waals surface area contributed by atoms with Crippen LogP contribution in [0.4, 0.5) is 4.39 Å². The first-order chi connectivity index (χ1) is 2.81. The van der Waals surface area contributed by atoms with Crippen LogP contribution >= 0.6 is 0 Å². The second-order valence-electron chi connectivity index (χ2n) is 1.50. The van der Waals surface area contributed by atoms with E-state index in [-0.39, 0.29) is 12.6 Å². The van der Waals surface area contributed by atoms with Crippen molar-refractivity contribution in [2.75, 3.05) is 13.2 Å². The van der Waals surface area contributed by atoms with Crippen LogP contribution in [0.5, 0.6) is 0 Å². The highest BCUT2D eigenvalue weighted by Crippen LogP contribution is 1.88. The predicted octanol–water partition coefficient (Wildman–Crippen LogP) is 0.551. The van der Waals surface area contributed by atoms with Gasteiger partial charge in [0, 0.05) is 0 Å². The molecule has 0 saturated heterocycles. The Morgan fingerprint density at radius 1 is 1.83 bits per heavy atom. The molecular weight excluding hydrogens is 81.0 g/mol. The Bertz CT molecular complexity index is 26.7. The van der Waals surface area contributed by atoms with E-state index in [9.17, 15) is 4.39 Å². The van der Waals surface area contributed by atoms with E-state index in [1.54, 1.807) is 6.92 Å². The summed E-state index contributed by atoms with van der Waals surface area (Å²) in [4.78, 5) is 0. The molecule has 6 heavy (non-hydrogen) atoms. The molecule has 0 radical (unpaired) electrons. The Morgan fingerprint density at radius 3 is 2.33 bits per heavy atom. The van der Waals surface area contributed by atoms with E-state index < -0.39 is 0 Å². The fraction of sp³-hybridized carbons (Fsp3) is 1.00. The molecule has 1 atom stereocenters. The van der Waals surface area contributed by atoms with Gasteiger partial charge < -0.3 is 5.73 Å². The summed E-state index contributed by atoms with van der Waals surface area (Å²) in [5.41, 5.74) is 5.04. The van der Waals surface area contributed by atoms with Crippen LogP contribution in [0.2, 0.25) is 0 Å². The van der Waals surface area contributed by atoms with E-state index in [2.05, 4.69) is 0 Å². The van der Waals surface area contributed by atoms with Crippen molar-refractivity contribution in [3.05, 3.63) is 0 Å². The van der Waals surface area contributed by atoms with Crippen LogP contribution in [-0.2, 0) is 0 Å². The maximum atomic E-state index is 11.3. The van der Waals surface area contributed by atoms with Crippen molar-refractivity contribution < 1.29 is 4.39 Å². The normalized spacial score (nSPS) is 14.5.